The number of ketones is 3. The lowest BCUT2D eigenvalue weighted by Gasteiger charge is -2.57. The maximum absolute atomic E-state index is 12.2. The van der Waals surface area contributed by atoms with Crippen molar-refractivity contribution in [3.8, 4) is 0 Å². The van der Waals surface area contributed by atoms with Gasteiger partial charge in [-0.15, -0.1) is 0 Å². The predicted molar refractivity (Wildman–Crippen MR) is 92.7 cm³/mol. The molecule has 0 aromatic rings. The van der Waals surface area contributed by atoms with Gasteiger partial charge >= 0.3 is 0 Å². The zero-order chi connectivity index (χ0) is 18.0. The molecular formula is C21H26O4. The lowest BCUT2D eigenvalue weighted by Crippen LogP contribution is -2.51. The molecule has 0 spiro atoms. The summed E-state index contributed by atoms with van der Waals surface area (Å²) in [6.45, 7) is 3.94. The Morgan fingerprint density at radius 3 is 2.68 bits per heavy atom. The van der Waals surface area contributed by atoms with Gasteiger partial charge in [0, 0.05) is 6.42 Å². The van der Waals surface area contributed by atoms with Crippen LogP contribution in [0.25, 0.3) is 0 Å². The Labute approximate surface area is 148 Å². The minimum Gasteiger partial charge on any atom is -0.388 e. The Balaban J connectivity index is 1.67. The van der Waals surface area contributed by atoms with Gasteiger partial charge in [-0.05, 0) is 72.3 Å². The molecule has 0 aromatic carbocycles. The molecule has 2 fully saturated rings. The number of hydrogen-bond acceptors (Lipinski definition) is 4. The van der Waals surface area contributed by atoms with Gasteiger partial charge < -0.3 is 5.11 Å². The monoisotopic (exact) mass is 342 g/mol. The fourth-order valence-electron chi connectivity index (χ4n) is 6.55. The van der Waals surface area contributed by atoms with Gasteiger partial charge in [0.25, 0.3) is 0 Å². The average Bonchev–Trinajstić information content (AvgIpc) is 2.93. The van der Waals surface area contributed by atoms with Crippen LogP contribution in [0.5, 0.6) is 0 Å². The number of hydrogen-bond donors (Lipinski definition) is 1. The van der Waals surface area contributed by atoms with E-state index in [1.165, 1.54) is 5.57 Å². The highest BCUT2D eigenvalue weighted by Crippen LogP contribution is 2.65. The van der Waals surface area contributed by atoms with E-state index in [1.54, 1.807) is 6.08 Å². The molecule has 4 nitrogen and oxygen atoms in total. The van der Waals surface area contributed by atoms with Gasteiger partial charge in [-0.25, -0.2) is 0 Å². The molecule has 0 saturated heterocycles. The minimum atomic E-state index is -0.413. The summed E-state index contributed by atoms with van der Waals surface area (Å²) in [6.07, 6.45) is 8.70. The molecule has 0 amide bonds. The van der Waals surface area contributed by atoms with Crippen LogP contribution in [-0.2, 0) is 14.4 Å². The molecule has 0 aliphatic heterocycles. The van der Waals surface area contributed by atoms with Gasteiger partial charge in [0.1, 0.15) is 6.61 Å². The van der Waals surface area contributed by atoms with Crippen LogP contribution in [0.1, 0.15) is 52.4 Å². The Bertz CT molecular complexity index is 730. The molecule has 0 radical (unpaired) electrons. The predicted octanol–water partition coefficient (Wildman–Crippen LogP) is 2.80. The van der Waals surface area contributed by atoms with Gasteiger partial charge in [0.15, 0.2) is 5.78 Å². The molecule has 0 aromatic heterocycles. The summed E-state index contributed by atoms with van der Waals surface area (Å²) in [5.41, 5.74) is 1.64. The first-order valence-electron chi connectivity index (χ1n) is 9.44. The molecule has 1 N–H and O–H groups in total. The molecule has 0 unspecified atom stereocenters. The molecule has 5 atom stereocenters. The Kier molecular flexibility index (Phi) is 3.70. The van der Waals surface area contributed by atoms with Crippen molar-refractivity contribution >= 4 is 17.3 Å². The molecule has 4 aliphatic rings. The van der Waals surface area contributed by atoms with Crippen molar-refractivity contribution in [2.24, 2.45) is 28.6 Å². The number of Topliss-reactive ketones (excluding diaryl/α,β-unsaturated/α-hetero) is 2. The zero-order valence-corrected chi connectivity index (χ0v) is 15.0. The summed E-state index contributed by atoms with van der Waals surface area (Å²) in [5.74, 6) is 0.569. The molecular weight excluding hydrogens is 316 g/mol. The summed E-state index contributed by atoms with van der Waals surface area (Å²) in [4.78, 5) is 36.2. The maximum Gasteiger partial charge on any atom is 0.221 e. The SMILES string of the molecule is C[C@]12CC(=O)C(=O)C=C1CC[C@@H]1[C@@H]2CC[C@]2(C)C(C(=O)CO)=CC[C@@H]12. The Morgan fingerprint density at radius 1 is 1.20 bits per heavy atom. The van der Waals surface area contributed by atoms with Crippen molar-refractivity contribution < 1.29 is 19.5 Å². The van der Waals surface area contributed by atoms with Crippen LogP contribution < -0.4 is 0 Å². The second-order valence-corrected chi connectivity index (χ2v) is 8.86. The van der Waals surface area contributed by atoms with E-state index in [2.05, 4.69) is 19.9 Å². The quantitative estimate of drug-likeness (QED) is 0.783. The third-order valence-corrected chi connectivity index (χ3v) is 7.87. The number of carbonyl (C=O) groups is 3. The fraction of sp³-hybridized carbons (Fsp3) is 0.667. The summed E-state index contributed by atoms with van der Waals surface area (Å²) in [6, 6.07) is 0. The topological polar surface area (TPSA) is 71.4 Å². The lowest BCUT2D eigenvalue weighted by molar-refractivity contribution is -0.138. The highest BCUT2D eigenvalue weighted by molar-refractivity contribution is 6.42. The molecule has 2 saturated carbocycles. The van der Waals surface area contributed by atoms with E-state index in [0.29, 0.717) is 24.2 Å². The van der Waals surface area contributed by atoms with E-state index in [0.717, 1.165) is 37.7 Å². The summed E-state index contributed by atoms with van der Waals surface area (Å²) >= 11 is 0. The molecule has 134 valence electrons. The van der Waals surface area contributed by atoms with Gasteiger partial charge in [0.05, 0.1) is 0 Å². The van der Waals surface area contributed by atoms with Crippen molar-refractivity contribution in [3.05, 3.63) is 23.3 Å². The standard InChI is InChI=1S/C21H26O4/c1-20-8-7-15-13(14(20)5-6-16(20)19(25)11-22)4-3-12-9-17(23)18(24)10-21(12,15)2/h6,9,13-15,22H,3-5,7-8,10-11H2,1-2H3/t13-,14-,15-,20-,21-/m0/s1. The second-order valence-electron chi connectivity index (χ2n) is 8.86. The molecule has 0 heterocycles. The van der Waals surface area contributed by atoms with E-state index >= 15 is 0 Å². The Hall–Kier alpha value is -1.55. The highest BCUT2D eigenvalue weighted by Gasteiger charge is 2.58. The van der Waals surface area contributed by atoms with E-state index in [1.807, 2.05) is 0 Å². The van der Waals surface area contributed by atoms with E-state index in [9.17, 15) is 19.5 Å². The average molecular weight is 342 g/mol. The van der Waals surface area contributed by atoms with Crippen molar-refractivity contribution in [2.75, 3.05) is 6.61 Å². The van der Waals surface area contributed by atoms with Crippen molar-refractivity contribution in [1.29, 1.82) is 0 Å². The van der Waals surface area contributed by atoms with Crippen LogP contribution in [0.15, 0.2) is 23.3 Å². The maximum atomic E-state index is 12.2. The zero-order valence-electron chi connectivity index (χ0n) is 15.0. The highest BCUT2D eigenvalue weighted by atomic mass is 16.3. The molecule has 25 heavy (non-hydrogen) atoms. The van der Waals surface area contributed by atoms with Crippen molar-refractivity contribution in [2.45, 2.75) is 52.4 Å². The van der Waals surface area contributed by atoms with Crippen molar-refractivity contribution in [3.63, 3.8) is 0 Å². The number of carbonyl (C=O) groups excluding carboxylic acids is 3. The van der Waals surface area contributed by atoms with Crippen LogP contribution >= 0.6 is 0 Å². The molecule has 4 rings (SSSR count). The van der Waals surface area contributed by atoms with E-state index in [-0.39, 0.29) is 28.2 Å². The third kappa shape index (κ3) is 2.19. The second kappa shape index (κ2) is 5.47. The number of aliphatic hydroxyl groups excluding tert-OH is 1. The summed E-state index contributed by atoms with van der Waals surface area (Å²) in [7, 11) is 0. The Morgan fingerprint density at radius 2 is 1.96 bits per heavy atom. The first-order chi connectivity index (χ1) is 11.8. The first-order valence-corrected chi connectivity index (χ1v) is 9.44. The van der Waals surface area contributed by atoms with Crippen LogP contribution in [0.4, 0.5) is 0 Å². The van der Waals surface area contributed by atoms with E-state index in [4.69, 9.17) is 0 Å². The normalized spacial score (nSPS) is 42.9. The van der Waals surface area contributed by atoms with Crippen LogP contribution in [0, 0.1) is 28.6 Å². The largest absolute Gasteiger partial charge is 0.388 e. The number of aliphatic hydroxyl groups is 1. The lowest BCUT2D eigenvalue weighted by atomic mass is 9.46. The molecule has 0 bridgehead atoms. The van der Waals surface area contributed by atoms with Gasteiger partial charge in [0.2, 0.25) is 11.6 Å². The fourth-order valence-corrected chi connectivity index (χ4v) is 6.55. The molecule has 4 aliphatic carbocycles. The third-order valence-electron chi connectivity index (χ3n) is 7.87. The van der Waals surface area contributed by atoms with Crippen molar-refractivity contribution in [1.82, 2.24) is 0 Å². The smallest absolute Gasteiger partial charge is 0.221 e. The number of fused-ring (bicyclic) bond motifs is 5. The van der Waals surface area contributed by atoms with Crippen LogP contribution in [0.3, 0.4) is 0 Å². The number of rotatable bonds is 2. The van der Waals surface area contributed by atoms with Gasteiger partial charge in [-0.1, -0.05) is 25.5 Å². The van der Waals surface area contributed by atoms with Crippen LogP contribution in [0.2, 0.25) is 0 Å². The number of allylic oxidation sites excluding steroid dienone is 3. The first kappa shape index (κ1) is 16.9. The van der Waals surface area contributed by atoms with Crippen LogP contribution in [-0.4, -0.2) is 29.1 Å². The minimum absolute atomic E-state index is 0.135. The molecule has 4 heteroatoms. The summed E-state index contributed by atoms with van der Waals surface area (Å²) in [5, 5.41) is 9.31. The van der Waals surface area contributed by atoms with Gasteiger partial charge in [-0.2, -0.15) is 0 Å². The van der Waals surface area contributed by atoms with E-state index < -0.39 is 6.61 Å². The summed E-state index contributed by atoms with van der Waals surface area (Å²) < 4.78 is 0. The van der Waals surface area contributed by atoms with Gasteiger partial charge in [-0.3, -0.25) is 14.4 Å².